The first kappa shape index (κ1) is 16.6. The SMILES string of the molecule is CN=C(NCC1(OC)CCOCC1)N1CC(C)CC(C)C1. The van der Waals surface area contributed by atoms with Gasteiger partial charge in [-0.2, -0.15) is 0 Å². The summed E-state index contributed by atoms with van der Waals surface area (Å²) < 4.78 is 11.2. The second-order valence-electron chi connectivity index (χ2n) is 6.75. The Balaban J connectivity index is 1.93. The van der Waals surface area contributed by atoms with E-state index in [0.717, 1.165) is 63.5 Å². The second-order valence-corrected chi connectivity index (χ2v) is 6.75. The maximum absolute atomic E-state index is 5.79. The maximum Gasteiger partial charge on any atom is 0.193 e. The zero-order valence-corrected chi connectivity index (χ0v) is 14.0. The number of rotatable bonds is 3. The van der Waals surface area contributed by atoms with Crippen LogP contribution in [0.5, 0.6) is 0 Å². The minimum atomic E-state index is -0.110. The zero-order valence-electron chi connectivity index (χ0n) is 14.0. The normalized spacial score (nSPS) is 30.3. The summed E-state index contributed by atoms with van der Waals surface area (Å²) in [5.41, 5.74) is -0.110. The van der Waals surface area contributed by atoms with Crippen LogP contribution in [0.2, 0.25) is 0 Å². The molecule has 0 aromatic carbocycles. The van der Waals surface area contributed by atoms with Gasteiger partial charge in [0.2, 0.25) is 0 Å². The van der Waals surface area contributed by atoms with Crippen LogP contribution in [0, 0.1) is 11.8 Å². The van der Waals surface area contributed by atoms with Crippen LogP contribution in [-0.2, 0) is 9.47 Å². The van der Waals surface area contributed by atoms with Crippen LogP contribution in [-0.4, -0.2) is 63.5 Å². The number of aliphatic imine (C=N–C) groups is 1. The highest BCUT2D eigenvalue weighted by Crippen LogP contribution is 2.24. The fraction of sp³-hybridized carbons (Fsp3) is 0.938. The molecule has 2 fully saturated rings. The quantitative estimate of drug-likeness (QED) is 0.637. The van der Waals surface area contributed by atoms with Gasteiger partial charge in [-0.05, 0) is 18.3 Å². The van der Waals surface area contributed by atoms with Gasteiger partial charge in [-0.1, -0.05) is 13.8 Å². The van der Waals surface area contributed by atoms with E-state index in [4.69, 9.17) is 9.47 Å². The molecule has 1 N–H and O–H groups in total. The average Bonchev–Trinajstić information content (AvgIpc) is 2.48. The summed E-state index contributed by atoms with van der Waals surface area (Å²) >= 11 is 0. The number of guanidine groups is 1. The highest BCUT2D eigenvalue weighted by molar-refractivity contribution is 5.80. The van der Waals surface area contributed by atoms with E-state index in [9.17, 15) is 0 Å². The Labute approximate surface area is 129 Å². The Kier molecular flexibility index (Phi) is 5.88. The third-order valence-corrected chi connectivity index (χ3v) is 4.79. The number of hydrogen-bond donors (Lipinski definition) is 1. The second kappa shape index (κ2) is 7.45. The lowest BCUT2D eigenvalue weighted by Crippen LogP contribution is -2.54. The molecular formula is C16H31N3O2. The van der Waals surface area contributed by atoms with Crippen molar-refractivity contribution in [2.45, 2.75) is 38.7 Å². The number of piperidine rings is 1. The predicted octanol–water partition coefficient (Wildman–Crippen LogP) is 1.74. The number of hydrogen-bond acceptors (Lipinski definition) is 3. The van der Waals surface area contributed by atoms with Gasteiger partial charge in [-0.15, -0.1) is 0 Å². The summed E-state index contributed by atoms with van der Waals surface area (Å²) in [6.07, 6.45) is 3.20. The van der Waals surface area contributed by atoms with Gasteiger partial charge in [0.05, 0.1) is 5.60 Å². The number of nitrogens with one attached hydrogen (secondary N) is 1. The molecule has 2 rings (SSSR count). The first-order valence-electron chi connectivity index (χ1n) is 8.17. The van der Waals surface area contributed by atoms with Gasteiger partial charge in [-0.25, -0.2) is 0 Å². The zero-order chi connectivity index (χ0) is 15.3. The first-order valence-corrected chi connectivity index (χ1v) is 8.17. The summed E-state index contributed by atoms with van der Waals surface area (Å²) in [6, 6.07) is 0. The molecule has 0 saturated carbocycles. The molecule has 2 aliphatic heterocycles. The molecule has 2 unspecified atom stereocenters. The van der Waals surface area contributed by atoms with Crippen molar-refractivity contribution in [3.63, 3.8) is 0 Å². The van der Waals surface area contributed by atoms with Crippen LogP contribution in [0.1, 0.15) is 33.1 Å². The molecule has 2 aliphatic rings. The lowest BCUT2D eigenvalue weighted by molar-refractivity contribution is -0.0858. The Morgan fingerprint density at radius 1 is 1.29 bits per heavy atom. The largest absolute Gasteiger partial charge is 0.381 e. The highest BCUT2D eigenvalue weighted by Gasteiger charge is 2.33. The van der Waals surface area contributed by atoms with Crippen molar-refractivity contribution in [3.8, 4) is 0 Å². The topological polar surface area (TPSA) is 46.1 Å². The standard InChI is InChI=1S/C16H31N3O2/c1-13-9-14(2)11-19(10-13)15(17-3)18-12-16(20-4)5-7-21-8-6-16/h13-14H,5-12H2,1-4H3,(H,17,18). The summed E-state index contributed by atoms with van der Waals surface area (Å²) in [7, 11) is 3.68. The van der Waals surface area contributed by atoms with Crippen molar-refractivity contribution < 1.29 is 9.47 Å². The lowest BCUT2D eigenvalue weighted by Gasteiger charge is -2.40. The van der Waals surface area contributed by atoms with E-state index in [0.29, 0.717) is 0 Å². The minimum absolute atomic E-state index is 0.110. The van der Waals surface area contributed by atoms with Crippen molar-refractivity contribution in [2.75, 3.05) is 47.0 Å². The molecule has 2 heterocycles. The molecule has 122 valence electrons. The molecule has 0 aromatic rings. The highest BCUT2D eigenvalue weighted by atomic mass is 16.5. The Hall–Kier alpha value is -0.810. The van der Waals surface area contributed by atoms with Crippen LogP contribution in [0.25, 0.3) is 0 Å². The van der Waals surface area contributed by atoms with E-state index < -0.39 is 0 Å². The molecule has 0 spiro atoms. The molecule has 0 amide bonds. The molecule has 0 aromatic heterocycles. The minimum Gasteiger partial charge on any atom is -0.381 e. The summed E-state index contributed by atoms with van der Waals surface area (Å²) in [4.78, 5) is 6.87. The Bertz CT molecular complexity index is 343. The number of ether oxygens (including phenoxy) is 2. The van der Waals surface area contributed by atoms with Gasteiger partial charge in [0.15, 0.2) is 5.96 Å². The van der Waals surface area contributed by atoms with Crippen molar-refractivity contribution >= 4 is 5.96 Å². The molecule has 0 radical (unpaired) electrons. The molecule has 2 atom stereocenters. The van der Waals surface area contributed by atoms with Gasteiger partial charge >= 0.3 is 0 Å². The smallest absolute Gasteiger partial charge is 0.193 e. The van der Waals surface area contributed by atoms with Gasteiger partial charge < -0.3 is 19.7 Å². The van der Waals surface area contributed by atoms with Crippen LogP contribution in [0.4, 0.5) is 0 Å². The fourth-order valence-corrected chi connectivity index (χ4v) is 3.60. The molecule has 2 saturated heterocycles. The monoisotopic (exact) mass is 297 g/mol. The van der Waals surface area contributed by atoms with Gasteiger partial charge in [0.1, 0.15) is 0 Å². The third-order valence-electron chi connectivity index (χ3n) is 4.79. The van der Waals surface area contributed by atoms with E-state index in [1.165, 1.54) is 6.42 Å². The van der Waals surface area contributed by atoms with E-state index >= 15 is 0 Å². The predicted molar refractivity (Wildman–Crippen MR) is 85.7 cm³/mol. The van der Waals surface area contributed by atoms with E-state index in [2.05, 4.69) is 29.1 Å². The van der Waals surface area contributed by atoms with Crippen molar-refractivity contribution in [2.24, 2.45) is 16.8 Å². The third kappa shape index (κ3) is 4.33. The number of nitrogens with zero attached hydrogens (tertiary/aromatic N) is 2. The van der Waals surface area contributed by atoms with Crippen molar-refractivity contribution in [1.82, 2.24) is 10.2 Å². The summed E-state index contributed by atoms with van der Waals surface area (Å²) in [6.45, 7) is 9.20. The fourth-order valence-electron chi connectivity index (χ4n) is 3.60. The molecular weight excluding hydrogens is 266 g/mol. The Morgan fingerprint density at radius 2 is 1.90 bits per heavy atom. The number of methoxy groups -OCH3 is 1. The van der Waals surface area contributed by atoms with Crippen LogP contribution >= 0.6 is 0 Å². The van der Waals surface area contributed by atoms with Gasteiger partial charge in [0.25, 0.3) is 0 Å². The van der Waals surface area contributed by atoms with Crippen molar-refractivity contribution in [3.05, 3.63) is 0 Å². The molecule has 5 heteroatoms. The van der Waals surface area contributed by atoms with E-state index in [-0.39, 0.29) is 5.60 Å². The van der Waals surface area contributed by atoms with Crippen molar-refractivity contribution in [1.29, 1.82) is 0 Å². The van der Waals surface area contributed by atoms with E-state index in [1.54, 1.807) is 7.11 Å². The first-order chi connectivity index (χ1) is 10.1. The molecule has 0 aliphatic carbocycles. The summed E-state index contributed by atoms with van der Waals surface area (Å²) in [5, 5.41) is 3.54. The average molecular weight is 297 g/mol. The molecule has 21 heavy (non-hydrogen) atoms. The summed E-state index contributed by atoms with van der Waals surface area (Å²) in [5.74, 6) is 2.47. The van der Waals surface area contributed by atoms with Crippen LogP contribution in [0.3, 0.4) is 0 Å². The lowest BCUT2D eigenvalue weighted by atomic mass is 9.92. The van der Waals surface area contributed by atoms with E-state index in [1.807, 2.05) is 7.05 Å². The molecule has 0 bridgehead atoms. The molecule has 5 nitrogen and oxygen atoms in total. The van der Waals surface area contributed by atoms with Crippen LogP contribution in [0.15, 0.2) is 4.99 Å². The van der Waals surface area contributed by atoms with Crippen LogP contribution < -0.4 is 5.32 Å². The van der Waals surface area contributed by atoms with Gasteiger partial charge in [-0.3, -0.25) is 4.99 Å². The maximum atomic E-state index is 5.79. The number of likely N-dealkylation sites (tertiary alicyclic amines) is 1. The van der Waals surface area contributed by atoms with Gasteiger partial charge in [0, 0.05) is 59.8 Å². The Morgan fingerprint density at radius 3 is 2.43 bits per heavy atom.